The maximum absolute atomic E-state index is 5.41. The fraction of sp³-hybridized carbons (Fsp3) is 0.167. The lowest BCUT2D eigenvalue weighted by molar-refractivity contribution is 1.42. The summed E-state index contributed by atoms with van der Waals surface area (Å²) in [4.78, 5) is 3.71. The van der Waals surface area contributed by atoms with Gasteiger partial charge in [0.1, 0.15) is 0 Å². The molecule has 0 radical (unpaired) electrons. The Morgan fingerprint density at radius 3 is 2.67 bits per heavy atom. The van der Waals surface area contributed by atoms with E-state index in [0.717, 1.165) is 4.48 Å². The molecule has 9 heavy (non-hydrogen) atoms. The van der Waals surface area contributed by atoms with Crippen molar-refractivity contribution < 1.29 is 0 Å². The topological polar surface area (TPSA) is 38.4 Å². The van der Waals surface area contributed by atoms with E-state index >= 15 is 0 Å². The molecule has 0 aromatic rings. The van der Waals surface area contributed by atoms with Gasteiger partial charge in [0.05, 0.1) is 5.70 Å². The third kappa shape index (κ3) is 5.30. The summed E-state index contributed by atoms with van der Waals surface area (Å²) in [5, 5.41) is 0. The predicted molar refractivity (Wildman–Crippen MR) is 44.8 cm³/mol. The first-order chi connectivity index (χ1) is 4.16. The van der Waals surface area contributed by atoms with Crippen LogP contribution in [0.5, 0.6) is 0 Å². The van der Waals surface area contributed by atoms with Crippen molar-refractivity contribution in [2.45, 2.75) is 0 Å². The van der Waals surface area contributed by atoms with Crippen LogP contribution in [0.2, 0.25) is 0 Å². The van der Waals surface area contributed by atoms with Gasteiger partial charge in [-0.25, -0.2) is 0 Å². The molecule has 0 saturated heterocycles. The Bertz CT molecular complexity index is 158. The van der Waals surface area contributed by atoms with E-state index in [4.69, 9.17) is 5.73 Å². The van der Waals surface area contributed by atoms with Crippen LogP contribution in [0, 0.1) is 0 Å². The molecule has 0 aromatic heterocycles. The molecule has 0 unspecified atom stereocenters. The number of allylic oxidation sites excluding steroid dienone is 3. The normalized spacial score (nSPS) is 12.4. The molecule has 0 aliphatic carbocycles. The van der Waals surface area contributed by atoms with Crippen molar-refractivity contribution in [1.82, 2.24) is 0 Å². The third-order valence-electron chi connectivity index (χ3n) is 0.601. The summed E-state index contributed by atoms with van der Waals surface area (Å²) in [5.74, 6) is 0. The first-order valence-corrected chi connectivity index (χ1v) is 3.20. The van der Waals surface area contributed by atoms with Crippen molar-refractivity contribution in [3.63, 3.8) is 0 Å². The lowest BCUT2D eigenvalue weighted by Gasteiger charge is -1.87. The van der Waals surface area contributed by atoms with E-state index in [0.29, 0.717) is 5.70 Å². The van der Waals surface area contributed by atoms with Gasteiger partial charge in [-0.3, -0.25) is 4.99 Å². The highest BCUT2D eigenvalue weighted by Crippen LogP contribution is 2.02. The molecule has 0 saturated carbocycles. The second-order valence-electron chi connectivity index (χ2n) is 1.48. The summed E-state index contributed by atoms with van der Waals surface area (Å²) in [7, 11) is 1.66. The summed E-state index contributed by atoms with van der Waals surface area (Å²) in [6.07, 6.45) is 3.25. The number of hydrogen-bond acceptors (Lipinski definition) is 2. The van der Waals surface area contributed by atoms with Gasteiger partial charge in [0.15, 0.2) is 0 Å². The van der Waals surface area contributed by atoms with Gasteiger partial charge >= 0.3 is 0 Å². The van der Waals surface area contributed by atoms with Gasteiger partial charge in [-0.2, -0.15) is 0 Å². The molecule has 2 N–H and O–H groups in total. The molecule has 0 amide bonds. The summed E-state index contributed by atoms with van der Waals surface area (Å²) < 4.78 is 0.750. The average molecular weight is 189 g/mol. The molecular weight excluding hydrogens is 180 g/mol. The monoisotopic (exact) mass is 188 g/mol. The molecule has 0 rings (SSSR count). The maximum Gasteiger partial charge on any atom is 0.0506 e. The summed E-state index contributed by atoms with van der Waals surface area (Å²) in [5.41, 5.74) is 6.00. The van der Waals surface area contributed by atoms with Gasteiger partial charge in [-0.1, -0.05) is 22.5 Å². The molecule has 0 fully saturated rings. The molecule has 0 aliphatic heterocycles. The zero-order valence-electron chi connectivity index (χ0n) is 5.26. The fourth-order valence-electron chi connectivity index (χ4n) is 0.367. The van der Waals surface area contributed by atoms with Gasteiger partial charge < -0.3 is 5.73 Å². The molecule has 2 nitrogen and oxygen atoms in total. The maximum atomic E-state index is 5.41. The van der Waals surface area contributed by atoms with E-state index in [1.807, 2.05) is 0 Å². The number of hydrogen-bond donors (Lipinski definition) is 1. The molecule has 0 heterocycles. The summed E-state index contributed by atoms with van der Waals surface area (Å²) >= 11 is 3.13. The van der Waals surface area contributed by atoms with Crippen molar-refractivity contribution in [2.24, 2.45) is 10.7 Å². The minimum atomic E-state index is 0.597. The van der Waals surface area contributed by atoms with Crippen LogP contribution in [0.3, 0.4) is 0 Å². The van der Waals surface area contributed by atoms with Crippen LogP contribution in [0.1, 0.15) is 0 Å². The standard InChI is InChI=1S/C6H9BrN2/c1-5(7)3-6(8)4-9-2/h3-4H,1,8H2,2H3/b6-3+,9-4-. The minimum Gasteiger partial charge on any atom is -0.397 e. The molecular formula is C6H9BrN2. The van der Waals surface area contributed by atoms with E-state index in [-0.39, 0.29) is 0 Å². The van der Waals surface area contributed by atoms with Crippen LogP contribution in [0.15, 0.2) is 27.8 Å². The van der Waals surface area contributed by atoms with Crippen LogP contribution in [-0.4, -0.2) is 13.3 Å². The number of rotatable bonds is 2. The third-order valence-corrected chi connectivity index (χ3v) is 0.830. The lowest BCUT2D eigenvalue weighted by atomic mass is 10.4. The van der Waals surface area contributed by atoms with Crippen molar-refractivity contribution >= 4 is 22.1 Å². The van der Waals surface area contributed by atoms with Crippen molar-refractivity contribution in [3.05, 3.63) is 22.8 Å². The molecule has 3 heteroatoms. The average Bonchev–Trinajstić information content (AvgIpc) is 1.63. The van der Waals surface area contributed by atoms with E-state index in [9.17, 15) is 0 Å². The number of halogens is 1. The highest BCUT2D eigenvalue weighted by Gasteiger charge is 1.81. The number of nitrogens with zero attached hydrogens (tertiary/aromatic N) is 1. The Hall–Kier alpha value is -0.570. The van der Waals surface area contributed by atoms with Gasteiger partial charge in [0.25, 0.3) is 0 Å². The van der Waals surface area contributed by atoms with Crippen molar-refractivity contribution in [2.75, 3.05) is 7.05 Å². The Morgan fingerprint density at radius 1 is 1.78 bits per heavy atom. The van der Waals surface area contributed by atoms with Crippen LogP contribution in [0.25, 0.3) is 0 Å². The molecule has 0 atom stereocenters. The molecule has 50 valence electrons. The number of nitrogens with two attached hydrogens (primary N) is 1. The minimum absolute atomic E-state index is 0.597. The van der Waals surface area contributed by atoms with Crippen LogP contribution >= 0.6 is 15.9 Å². The second kappa shape index (κ2) is 4.32. The van der Waals surface area contributed by atoms with Crippen LogP contribution < -0.4 is 5.73 Å². The van der Waals surface area contributed by atoms with E-state index in [1.165, 1.54) is 0 Å². The highest BCUT2D eigenvalue weighted by molar-refractivity contribution is 9.11. The van der Waals surface area contributed by atoms with Crippen molar-refractivity contribution in [3.8, 4) is 0 Å². The highest BCUT2D eigenvalue weighted by atomic mass is 79.9. The predicted octanol–water partition coefficient (Wildman–Crippen LogP) is 1.44. The fourth-order valence-corrected chi connectivity index (χ4v) is 0.632. The van der Waals surface area contributed by atoms with Gasteiger partial charge in [0.2, 0.25) is 0 Å². The molecule has 0 spiro atoms. The second-order valence-corrected chi connectivity index (χ2v) is 2.50. The van der Waals surface area contributed by atoms with Gasteiger partial charge in [-0.15, -0.1) is 0 Å². The van der Waals surface area contributed by atoms with Crippen LogP contribution in [0.4, 0.5) is 0 Å². The van der Waals surface area contributed by atoms with E-state index in [1.54, 1.807) is 19.3 Å². The lowest BCUT2D eigenvalue weighted by Crippen LogP contribution is -1.97. The number of aliphatic imine (C=N–C) groups is 1. The largest absolute Gasteiger partial charge is 0.397 e. The zero-order valence-corrected chi connectivity index (χ0v) is 6.85. The van der Waals surface area contributed by atoms with Gasteiger partial charge in [-0.05, 0) is 6.08 Å². The molecule has 0 bridgehead atoms. The van der Waals surface area contributed by atoms with E-state index < -0.39 is 0 Å². The Kier molecular flexibility index (Phi) is 4.05. The quantitative estimate of drug-likeness (QED) is 0.518. The van der Waals surface area contributed by atoms with Crippen molar-refractivity contribution in [1.29, 1.82) is 0 Å². The first kappa shape index (κ1) is 8.43. The van der Waals surface area contributed by atoms with E-state index in [2.05, 4.69) is 27.5 Å². The summed E-state index contributed by atoms with van der Waals surface area (Å²) in [6.45, 7) is 3.58. The molecule has 0 aromatic carbocycles. The Labute approximate surface area is 63.3 Å². The SMILES string of the molecule is C=C(Br)/C=C(N)\C=N/C. The smallest absolute Gasteiger partial charge is 0.0506 e. The Balaban J connectivity index is 4.00. The van der Waals surface area contributed by atoms with Gasteiger partial charge in [0, 0.05) is 17.7 Å². The summed E-state index contributed by atoms with van der Waals surface area (Å²) in [6, 6.07) is 0. The zero-order chi connectivity index (χ0) is 7.28. The first-order valence-electron chi connectivity index (χ1n) is 2.40. The molecule has 0 aliphatic rings. The van der Waals surface area contributed by atoms with Crippen LogP contribution in [-0.2, 0) is 0 Å². The Morgan fingerprint density at radius 2 is 2.33 bits per heavy atom.